The molecule has 4 rings (SSSR count). The van der Waals surface area contributed by atoms with Crippen molar-refractivity contribution < 1.29 is 9.53 Å². The molecule has 2 heterocycles. The summed E-state index contributed by atoms with van der Waals surface area (Å²) < 4.78 is 6.82. The molecule has 5 nitrogen and oxygen atoms in total. The fraction of sp³-hybridized carbons (Fsp3) is 0.0952. The van der Waals surface area contributed by atoms with Gasteiger partial charge in [0.15, 0.2) is 0 Å². The molecular formula is C21H16N2O3. The Morgan fingerprint density at radius 2 is 1.85 bits per heavy atom. The van der Waals surface area contributed by atoms with Crippen LogP contribution in [0.4, 0.5) is 0 Å². The maximum atomic E-state index is 12.3. The van der Waals surface area contributed by atoms with E-state index in [1.54, 1.807) is 24.4 Å². The van der Waals surface area contributed by atoms with E-state index in [1.165, 1.54) is 10.5 Å². The van der Waals surface area contributed by atoms with Crippen LogP contribution in [-0.4, -0.2) is 15.4 Å². The van der Waals surface area contributed by atoms with Gasteiger partial charge in [0.2, 0.25) is 0 Å². The third kappa shape index (κ3) is 3.07. The molecule has 128 valence electrons. The minimum atomic E-state index is -0.443. The molecule has 0 unspecified atom stereocenters. The van der Waals surface area contributed by atoms with Gasteiger partial charge in [0.25, 0.3) is 5.56 Å². The highest BCUT2D eigenvalue weighted by molar-refractivity contribution is 5.95. The third-order valence-electron chi connectivity index (χ3n) is 4.20. The van der Waals surface area contributed by atoms with Crippen molar-refractivity contribution in [3.05, 3.63) is 94.0 Å². The molecule has 0 aliphatic rings. The molecule has 0 saturated carbocycles. The molecule has 4 aromatic rings. The molecule has 0 spiro atoms. The van der Waals surface area contributed by atoms with Crippen LogP contribution in [0.25, 0.3) is 16.4 Å². The summed E-state index contributed by atoms with van der Waals surface area (Å²) >= 11 is 0. The summed E-state index contributed by atoms with van der Waals surface area (Å²) in [6, 6.07) is 18.3. The average molecular weight is 344 g/mol. The van der Waals surface area contributed by atoms with Gasteiger partial charge in [-0.25, -0.2) is 9.78 Å². The van der Waals surface area contributed by atoms with Gasteiger partial charge in [-0.2, -0.15) is 0 Å². The topological polar surface area (TPSA) is 60.7 Å². The highest BCUT2D eigenvalue weighted by Crippen LogP contribution is 2.16. The average Bonchev–Trinajstić information content (AvgIpc) is 2.66. The number of hydrogen-bond donors (Lipinski definition) is 0. The number of aromatic nitrogens is 2. The van der Waals surface area contributed by atoms with E-state index >= 15 is 0 Å². The molecule has 0 aliphatic heterocycles. The highest BCUT2D eigenvalue weighted by Gasteiger charge is 2.10. The number of rotatable bonds is 3. The van der Waals surface area contributed by atoms with Crippen molar-refractivity contribution in [1.82, 2.24) is 9.38 Å². The number of aryl methyl sites for hydroxylation is 1. The predicted octanol–water partition coefficient (Wildman–Crippen LogP) is 3.51. The Morgan fingerprint density at radius 1 is 1.04 bits per heavy atom. The summed E-state index contributed by atoms with van der Waals surface area (Å²) in [6.45, 7) is 1.86. The van der Waals surface area contributed by atoms with Crippen molar-refractivity contribution in [1.29, 1.82) is 0 Å². The van der Waals surface area contributed by atoms with Crippen molar-refractivity contribution in [2.75, 3.05) is 0 Å². The van der Waals surface area contributed by atoms with Crippen molar-refractivity contribution in [3.63, 3.8) is 0 Å². The van der Waals surface area contributed by atoms with Crippen molar-refractivity contribution >= 4 is 22.4 Å². The van der Waals surface area contributed by atoms with E-state index in [0.717, 1.165) is 16.3 Å². The van der Waals surface area contributed by atoms with E-state index in [0.29, 0.717) is 16.9 Å². The molecule has 5 heteroatoms. The summed E-state index contributed by atoms with van der Waals surface area (Å²) in [5.74, 6) is -0.443. The summed E-state index contributed by atoms with van der Waals surface area (Å²) in [5.41, 5.74) is 2.19. The molecule has 0 radical (unpaired) electrons. The zero-order valence-electron chi connectivity index (χ0n) is 14.2. The fourth-order valence-corrected chi connectivity index (χ4v) is 2.87. The number of nitrogens with zero attached hydrogens (tertiary/aromatic N) is 2. The summed E-state index contributed by atoms with van der Waals surface area (Å²) in [6.07, 6.45) is 1.73. The Kier molecular flexibility index (Phi) is 3.97. The van der Waals surface area contributed by atoms with Crippen LogP contribution in [0, 0.1) is 6.92 Å². The van der Waals surface area contributed by atoms with E-state index in [2.05, 4.69) is 4.98 Å². The van der Waals surface area contributed by atoms with Gasteiger partial charge in [0.1, 0.15) is 12.3 Å². The van der Waals surface area contributed by atoms with Crippen LogP contribution in [0.5, 0.6) is 0 Å². The highest BCUT2D eigenvalue weighted by atomic mass is 16.5. The number of esters is 1. The van der Waals surface area contributed by atoms with Crippen LogP contribution >= 0.6 is 0 Å². The first-order valence-corrected chi connectivity index (χ1v) is 8.25. The number of benzene rings is 2. The molecule has 2 aromatic heterocycles. The SMILES string of the molecule is Cc1ccc2nc(COC(=O)c3ccc4ccccc4c3)cc(=O)n2c1. The second-order valence-electron chi connectivity index (χ2n) is 6.16. The molecule has 0 fully saturated rings. The molecule has 0 saturated heterocycles. The number of carbonyl (C=O) groups excluding carboxylic acids is 1. The standard InChI is InChI=1S/C21H16N2O3/c1-14-6-9-19-22-18(11-20(24)23(19)12-14)13-26-21(25)17-8-7-15-4-2-3-5-16(15)10-17/h2-12H,13H2,1H3. The Bertz CT molecular complexity index is 1190. The summed E-state index contributed by atoms with van der Waals surface area (Å²) in [4.78, 5) is 28.9. The van der Waals surface area contributed by atoms with Crippen LogP contribution in [-0.2, 0) is 11.3 Å². The normalized spacial score (nSPS) is 11.0. The molecule has 0 amide bonds. The van der Waals surface area contributed by atoms with Crippen molar-refractivity contribution in [2.45, 2.75) is 13.5 Å². The molecule has 0 bridgehead atoms. The predicted molar refractivity (Wildman–Crippen MR) is 99.3 cm³/mol. The quantitative estimate of drug-likeness (QED) is 0.534. The van der Waals surface area contributed by atoms with Gasteiger partial charge in [0.05, 0.1) is 11.3 Å². The Balaban J connectivity index is 1.56. The first-order chi connectivity index (χ1) is 12.6. The Hall–Kier alpha value is -3.47. The molecule has 26 heavy (non-hydrogen) atoms. The first-order valence-electron chi connectivity index (χ1n) is 8.25. The van der Waals surface area contributed by atoms with Gasteiger partial charge in [-0.3, -0.25) is 9.20 Å². The van der Waals surface area contributed by atoms with Gasteiger partial charge >= 0.3 is 5.97 Å². The minimum Gasteiger partial charge on any atom is -0.456 e. The molecule has 2 aromatic carbocycles. The second kappa shape index (κ2) is 6.44. The number of carbonyl (C=O) groups is 1. The maximum absolute atomic E-state index is 12.3. The lowest BCUT2D eigenvalue weighted by Gasteiger charge is -2.07. The van der Waals surface area contributed by atoms with Crippen LogP contribution in [0.15, 0.2) is 71.7 Å². The van der Waals surface area contributed by atoms with E-state index in [1.807, 2.05) is 43.3 Å². The van der Waals surface area contributed by atoms with Crippen LogP contribution in [0.1, 0.15) is 21.6 Å². The lowest BCUT2D eigenvalue weighted by Crippen LogP contribution is -2.16. The van der Waals surface area contributed by atoms with E-state index < -0.39 is 5.97 Å². The lowest BCUT2D eigenvalue weighted by atomic mass is 10.1. The molecular weight excluding hydrogens is 328 g/mol. The lowest BCUT2D eigenvalue weighted by molar-refractivity contribution is 0.0468. The largest absolute Gasteiger partial charge is 0.456 e. The van der Waals surface area contributed by atoms with Crippen molar-refractivity contribution in [3.8, 4) is 0 Å². The van der Waals surface area contributed by atoms with Crippen LogP contribution < -0.4 is 5.56 Å². The van der Waals surface area contributed by atoms with Gasteiger partial charge in [-0.05, 0) is 41.5 Å². The third-order valence-corrected chi connectivity index (χ3v) is 4.20. The molecule has 0 N–H and O–H groups in total. The Labute approximate surface area is 149 Å². The monoisotopic (exact) mass is 344 g/mol. The van der Waals surface area contributed by atoms with E-state index in [4.69, 9.17) is 4.74 Å². The summed E-state index contributed by atoms with van der Waals surface area (Å²) in [7, 11) is 0. The fourth-order valence-electron chi connectivity index (χ4n) is 2.87. The number of fused-ring (bicyclic) bond motifs is 2. The molecule has 0 aliphatic carbocycles. The Morgan fingerprint density at radius 3 is 2.69 bits per heavy atom. The molecule has 0 atom stereocenters. The van der Waals surface area contributed by atoms with Gasteiger partial charge in [0, 0.05) is 12.3 Å². The smallest absolute Gasteiger partial charge is 0.338 e. The van der Waals surface area contributed by atoms with Gasteiger partial charge in [-0.15, -0.1) is 0 Å². The maximum Gasteiger partial charge on any atom is 0.338 e. The van der Waals surface area contributed by atoms with Gasteiger partial charge in [-0.1, -0.05) is 36.4 Å². The number of pyridine rings is 1. The summed E-state index contributed by atoms with van der Waals surface area (Å²) in [5, 5.41) is 2.03. The zero-order valence-corrected chi connectivity index (χ0v) is 14.2. The second-order valence-corrected chi connectivity index (χ2v) is 6.16. The van der Waals surface area contributed by atoms with Crippen LogP contribution in [0.2, 0.25) is 0 Å². The van der Waals surface area contributed by atoms with Crippen molar-refractivity contribution in [2.24, 2.45) is 0 Å². The number of ether oxygens (including phenoxy) is 1. The number of hydrogen-bond acceptors (Lipinski definition) is 4. The van der Waals surface area contributed by atoms with Gasteiger partial charge < -0.3 is 4.74 Å². The minimum absolute atomic E-state index is 0.0503. The van der Waals surface area contributed by atoms with Crippen LogP contribution in [0.3, 0.4) is 0 Å². The first kappa shape index (κ1) is 16.0. The zero-order chi connectivity index (χ0) is 18.1. The van der Waals surface area contributed by atoms with E-state index in [9.17, 15) is 9.59 Å². The van der Waals surface area contributed by atoms with E-state index in [-0.39, 0.29) is 12.2 Å².